The van der Waals surface area contributed by atoms with Gasteiger partial charge in [-0.15, -0.1) is 0 Å². The topological polar surface area (TPSA) is 39.7 Å². The minimum atomic E-state index is 0.297. The maximum atomic E-state index is 12.4. The quantitative estimate of drug-likeness (QED) is 0.852. The average Bonchev–Trinajstić information content (AvgIpc) is 3.18. The first-order chi connectivity index (χ1) is 10.6. The van der Waals surface area contributed by atoms with Crippen LogP contribution in [0.4, 0.5) is 5.82 Å². The summed E-state index contributed by atoms with van der Waals surface area (Å²) in [5.41, 5.74) is 1.28. The Labute approximate surface area is 132 Å². The van der Waals surface area contributed by atoms with Crippen LogP contribution in [0.15, 0.2) is 18.3 Å². The van der Waals surface area contributed by atoms with E-state index in [1.54, 1.807) is 0 Å². The fourth-order valence-corrected chi connectivity index (χ4v) is 3.52. The highest BCUT2D eigenvalue weighted by Crippen LogP contribution is 2.32. The molecule has 0 spiro atoms. The van der Waals surface area contributed by atoms with Gasteiger partial charge in [-0.25, -0.2) is 4.98 Å². The summed E-state index contributed by atoms with van der Waals surface area (Å²) in [6, 6.07) is 4.60. The number of amides is 1. The Balaban J connectivity index is 1.70. The van der Waals surface area contributed by atoms with Gasteiger partial charge in [0.15, 0.2) is 0 Å². The molecule has 1 aromatic rings. The molecular formula is C17H26N4O. The summed E-state index contributed by atoms with van der Waals surface area (Å²) >= 11 is 0. The number of rotatable bonds is 4. The zero-order valence-electron chi connectivity index (χ0n) is 13.7. The third kappa shape index (κ3) is 3.24. The van der Waals surface area contributed by atoms with E-state index in [2.05, 4.69) is 22.0 Å². The van der Waals surface area contributed by atoms with Crippen LogP contribution in [-0.4, -0.2) is 61.0 Å². The van der Waals surface area contributed by atoms with Crippen LogP contribution in [0.2, 0.25) is 0 Å². The molecule has 0 radical (unpaired) electrons. The highest BCUT2D eigenvalue weighted by atomic mass is 16.2. The third-order valence-electron chi connectivity index (χ3n) is 4.77. The lowest BCUT2D eigenvalue weighted by Crippen LogP contribution is -2.38. The lowest BCUT2D eigenvalue weighted by Gasteiger charge is -2.27. The third-order valence-corrected chi connectivity index (χ3v) is 4.77. The Bertz CT molecular complexity index is 525. The van der Waals surface area contributed by atoms with Crippen LogP contribution < -0.4 is 4.90 Å². The predicted molar refractivity (Wildman–Crippen MR) is 87.9 cm³/mol. The van der Waals surface area contributed by atoms with E-state index in [-0.39, 0.29) is 0 Å². The summed E-state index contributed by atoms with van der Waals surface area (Å²) in [6.07, 6.45) is 6.49. The van der Waals surface area contributed by atoms with Crippen molar-refractivity contribution in [2.45, 2.75) is 31.7 Å². The molecular weight excluding hydrogens is 276 g/mol. The Hall–Kier alpha value is -1.62. The van der Waals surface area contributed by atoms with Gasteiger partial charge in [-0.1, -0.05) is 0 Å². The zero-order chi connectivity index (χ0) is 15.5. The van der Waals surface area contributed by atoms with Gasteiger partial charge in [0.25, 0.3) is 0 Å². The van der Waals surface area contributed by atoms with Crippen molar-refractivity contribution in [3.05, 3.63) is 23.9 Å². The van der Waals surface area contributed by atoms with Crippen LogP contribution in [0.5, 0.6) is 0 Å². The Morgan fingerprint density at radius 2 is 2.05 bits per heavy atom. The van der Waals surface area contributed by atoms with Crippen molar-refractivity contribution in [3.63, 3.8) is 0 Å². The molecule has 0 unspecified atom stereocenters. The van der Waals surface area contributed by atoms with Crippen LogP contribution in [0.3, 0.4) is 0 Å². The van der Waals surface area contributed by atoms with Crippen molar-refractivity contribution in [3.8, 4) is 0 Å². The minimum Gasteiger partial charge on any atom is -0.363 e. The Morgan fingerprint density at radius 1 is 1.27 bits per heavy atom. The molecule has 1 atom stereocenters. The van der Waals surface area contributed by atoms with Crippen molar-refractivity contribution in [2.75, 3.05) is 45.2 Å². The van der Waals surface area contributed by atoms with E-state index in [1.807, 2.05) is 30.1 Å². The summed E-state index contributed by atoms with van der Waals surface area (Å²) in [7, 11) is 4.02. The number of likely N-dealkylation sites (tertiary alicyclic amines) is 2. The first-order valence-electron chi connectivity index (χ1n) is 8.30. The lowest BCUT2D eigenvalue weighted by molar-refractivity contribution is -0.131. The fourth-order valence-electron chi connectivity index (χ4n) is 3.52. The SMILES string of the molecule is CN(C)c1cc([C@H]2CCCN2CC(=O)N2CCCC2)ccn1. The highest BCUT2D eigenvalue weighted by molar-refractivity contribution is 5.78. The molecule has 1 amide bonds. The van der Waals surface area contributed by atoms with E-state index in [4.69, 9.17) is 0 Å². The summed E-state index contributed by atoms with van der Waals surface area (Å²) in [4.78, 5) is 23.2. The van der Waals surface area contributed by atoms with E-state index in [9.17, 15) is 4.79 Å². The lowest BCUT2D eigenvalue weighted by atomic mass is 10.1. The van der Waals surface area contributed by atoms with E-state index < -0.39 is 0 Å². The summed E-state index contributed by atoms with van der Waals surface area (Å²) in [6.45, 7) is 3.46. The zero-order valence-corrected chi connectivity index (χ0v) is 13.7. The molecule has 3 heterocycles. The summed E-state index contributed by atoms with van der Waals surface area (Å²) < 4.78 is 0. The number of carbonyl (C=O) groups excluding carboxylic acids is 1. The van der Waals surface area contributed by atoms with Crippen LogP contribution in [0.1, 0.15) is 37.3 Å². The van der Waals surface area contributed by atoms with Gasteiger partial charge in [-0.05, 0) is 49.9 Å². The standard InChI is InChI=1S/C17H26N4O/c1-19(2)16-12-14(7-8-18-16)15-6-5-11-21(15)13-17(22)20-9-3-4-10-20/h7-8,12,15H,3-6,9-11,13H2,1-2H3/t15-/m1/s1. The van der Waals surface area contributed by atoms with Gasteiger partial charge in [0.1, 0.15) is 5.82 Å². The maximum Gasteiger partial charge on any atom is 0.236 e. The molecule has 0 aromatic carbocycles. The largest absolute Gasteiger partial charge is 0.363 e. The number of pyridine rings is 1. The van der Waals surface area contributed by atoms with Crippen LogP contribution in [0.25, 0.3) is 0 Å². The van der Waals surface area contributed by atoms with Crippen molar-refractivity contribution in [1.29, 1.82) is 0 Å². The highest BCUT2D eigenvalue weighted by Gasteiger charge is 2.29. The Morgan fingerprint density at radius 3 is 2.77 bits per heavy atom. The van der Waals surface area contributed by atoms with Gasteiger partial charge in [0.2, 0.25) is 5.91 Å². The molecule has 22 heavy (non-hydrogen) atoms. The van der Waals surface area contributed by atoms with Gasteiger partial charge >= 0.3 is 0 Å². The van der Waals surface area contributed by atoms with Crippen LogP contribution >= 0.6 is 0 Å². The van der Waals surface area contributed by atoms with E-state index >= 15 is 0 Å². The molecule has 0 N–H and O–H groups in total. The Kier molecular flexibility index (Phi) is 4.62. The molecule has 0 aliphatic carbocycles. The second-order valence-electron chi connectivity index (χ2n) is 6.56. The first kappa shape index (κ1) is 15.3. The molecule has 0 bridgehead atoms. The molecule has 2 aliphatic heterocycles. The van der Waals surface area contributed by atoms with Crippen molar-refractivity contribution in [1.82, 2.24) is 14.8 Å². The van der Waals surface area contributed by atoms with E-state index in [1.165, 1.54) is 5.56 Å². The number of hydrogen-bond donors (Lipinski definition) is 0. The molecule has 2 fully saturated rings. The predicted octanol–water partition coefficient (Wildman–Crippen LogP) is 1.91. The molecule has 2 aliphatic rings. The summed E-state index contributed by atoms with van der Waals surface area (Å²) in [5.74, 6) is 1.28. The van der Waals surface area contributed by atoms with E-state index in [0.717, 1.165) is 51.1 Å². The normalized spacial score (nSPS) is 22.3. The fraction of sp³-hybridized carbons (Fsp3) is 0.647. The monoisotopic (exact) mass is 302 g/mol. The molecule has 1 aromatic heterocycles. The first-order valence-corrected chi connectivity index (χ1v) is 8.30. The number of anilines is 1. The van der Waals surface area contributed by atoms with E-state index in [0.29, 0.717) is 18.5 Å². The van der Waals surface area contributed by atoms with Gasteiger partial charge in [-0.2, -0.15) is 0 Å². The van der Waals surface area contributed by atoms with Crippen molar-refractivity contribution >= 4 is 11.7 Å². The number of aromatic nitrogens is 1. The van der Waals surface area contributed by atoms with Crippen molar-refractivity contribution in [2.24, 2.45) is 0 Å². The minimum absolute atomic E-state index is 0.297. The van der Waals surface area contributed by atoms with Gasteiger partial charge in [0, 0.05) is 39.4 Å². The number of nitrogens with zero attached hydrogens (tertiary/aromatic N) is 4. The molecule has 5 heteroatoms. The van der Waals surface area contributed by atoms with Crippen LogP contribution in [-0.2, 0) is 4.79 Å². The molecule has 120 valence electrons. The second-order valence-corrected chi connectivity index (χ2v) is 6.56. The second kappa shape index (κ2) is 6.65. The summed E-state index contributed by atoms with van der Waals surface area (Å²) in [5, 5.41) is 0. The van der Waals surface area contributed by atoms with Crippen molar-refractivity contribution < 1.29 is 4.79 Å². The smallest absolute Gasteiger partial charge is 0.236 e. The number of hydrogen-bond acceptors (Lipinski definition) is 4. The molecule has 2 saturated heterocycles. The van der Waals surface area contributed by atoms with Gasteiger partial charge in [0.05, 0.1) is 6.54 Å². The van der Waals surface area contributed by atoms with Crippen LogP contribution in [0, 0.1) is 0 Å². The average molecular weight is 302 g/mol. The maximum absolute atomic E-state index is 12.4. The van der Waals surface area contributed by atoms with Gasteiger partial charge < -0.3 is 9.80 Å². The number of carbonyl (C=O) groups is 1. The molecule has 3 rings (SSSR count). The van der Waals surface area contributed by atoms with Gasteiger partial charge in [-0.3, -0.25) is 9.69 Å². The molecule has 0 saturated carbocycles. The molecule has 5 nitrogen and oxygen atoms in total.